The van der Waals surface area contributed by atoms with Crippen LogP contribution < -0.4 is 26.8 Å². The van der Waals surface area contributed by atoms with Gasteiger partial charge >= 0.3 is 19.3 Å². The van der Waals surface area contributed by atoms with Crippen LogP contribution in [0.4, 0.5) is 29.3 Å². The first-order valence-corrected chi connectivity index (χ1v) is 19.2. The molecule has 7 atom stereocenters. The van der Waals surface area contributed by atoms with Gasteiger partial charge in [0.15, 0.2) is 0 Å². The summed E-state index contributed by atoms with van der Waals surface area (Å²) < 4.78 is 54.6. The number of anilines is 2. The van der Waals surface area contributed by atoms with Crippen molar-refractivity contribution in [3.63, 3.8) is 0 Å². The highest BCUT2D eigenvalue weighted by Gasteiger charge is 2.67. The van der Waals surface area contributed by atoms with Crippen LogP contribution in [-0.2, 0) is 32.4 Å². The third kappa shape index (κ3) is 7.02. The quantitative estimate of drug-likeness (QED) is 0.161. The number of alkyl halides is 3. The minimum absolute atomic E-state index is 0.00149. The zero-order valence-electron chi connectivity index (χ0n) is 32.3. The second-order valence-electron chi connectivity index (χ2n) is 17.0. The number of hydrogen-bond acceptors (Lipinski definition) is 7. The summed E-state index contributed by atoms with van der Waals surface area (Å²) in [7, 11) is -0.688. The second-order valence-corrected chi connectivity index (χ2v) is 17.0. The summed E-state index contributed by atoms with van der Waals surface area (Å²) in [6, 6.07) is 10.6. The summed E-state index contributed by atoms with van der Waals surface area (Å²) in [6.45, 7) is 14.2. The van der Waals surface area contributed by atoms with Crippen molar-refractivity contribution in [2.75, 3.05) is 10.6 Å². The molecule has 2 unspecified atom stereocenters. The molecule has 2 bridgehead atoms. The van der Waals surface area contributed by atoms with E-state index < -0.39 is 59.5 Å². The van der Waals surface area contributed by atoms with Crippen molar-refractivity contribution in [1.82, 2.24) is 20.2 Å². The Hall–Kier alpha value is -4.37. The minimum Gasteiger partial charge on any atom is -0.404 e. The van der Waals surface area contributed by atoms with E-state index >= 15 is 0 Å². The molecule has 294 valence electrons. The monoisotopic (exact) mass is 762 g/mol. The molecule has 0 radical (unpaired) electrons. The summed E-state index contributed by atoms with van der Waals surface area (Å²) in [5.41, 5.74) is -1.12. The van der Waals surface area contributed by atoms with Crippen LogP contribution in [0.25, 0.3) is 0 Å². The Balaban J connectivity index is 1.15. The first-order valence-electron chi connectivity index (χ1n) is 19.2. The molecule has 3 saturated carbocycles. The van der Waals surface area contributed by atoms with E-state index in [0.29, 0.717) is 29.5 Å². The topological polar surface area (TPSA) is 136 Å². The Morgan fingerprint density at radius 2 is 1.80 bits per heavy atom. The molecule has 1 saturated heterocycles. The van der Waals surface area contributed by atoms with E-state index in [1.54, 1.807) is 13.0 Å². The van der Waals surface area contributed by atoms with Gasteiger partial charge in [-0.25, -0.2) is 9.78 Å². The fourth-order valence-electron chi connectivity index (χ4n) is 9.30. The van der Waals surface area contributed by atoms with Gasteiger partial charge < -0.3 is 30.6 Å². The Morgan fingerprint density at radius 3 is 2.49 bits per heavy atom. The first-order chi connectivity index (χ1) is 25.8. The van der Waals surface area contributed by atoms with E-state index in [1.165, 1.54) is 22.9 Å². The SMILES string of the molecule is CC[C@H](NC(=O)[C@@H]1C[C@@](C)(NC(=O)Nc2ccccc2C(C)C)c2ncc(NCc3cccc(C(F)(F)F)c3)c(=O)n21)B1O[C@@H]2C3CC(C[C@]2(C)O1)C3(C)C. The molecule has 4 N–H and O–H groups in total. The zero-order valence-corrected chi connectivity index (χ0v) is 32.3. The maximum atomic E-state index is 14.4. The number of rotatable bonds is 10. The van der Waals surface area contributed by atoms with Gasteiger partial charge in [-0.3, -0.25) is 14.2 Å². The number of hydrogen-bond donors (Lipinski definition) is 4. The Morgan fingerprint density at radius 1 is 1.05 bits per heavy atom. The predicted octanol–water partition coefficient (Wildman–Crippen LogP) is 7.14. The number of carbonyl (C=O) groups is 2. The summed E-state index contributed by atoms with van der Waals surface area (Å²) in [4.78, 5) is 46.9. The molecule has 0 spiro atoms. The van der Waals surface area contributed by atoms with Crippen LogP contribution in [0.2, 0.25) is 0 Å². The molecule has 2 aromatic carbocycles. The van der Waals surface area contributed by atoms with E-state index in [2.05, 4.69) is 47.0 Å². The molecule has 4 fully saturated rings. The van der Waals surface area contributed by atoms with Crippen LogP contribution in [-0.4, -0.2) is 46.3 Å². The maximum Gasteiger partial charge on any atom is 0.481 e. The third-order valence-corrected chi connectivity index (χ3v) is 12.6. The fourth-order valence-corrected chi connectivity index (χ4v) is 9.30. The number of urea groups is 1. The summed E-state index contributed by atoms with van der Waals surface area (Å²) >= 11 is 0. The van der Waals surface area contributed by atoms with Crippen molar-refractivity contribution >= 4 is 30.4 Å². The molecule has 2 aliphatic heterocycles. The highest BCUT2D eigenvalue weighted by molar-refractivity contribution is 6.47. The van der Waals surface area contributed by atoms with E-state index in [4.69, 9.17) is 9.31 Å². The van der Waals surface area contributed by atoms with Crippen molar-refractivity contribution in [1.29, 1.82) is 0 Å². The largest absolute Gasteiger partial charge is 0.481 e. The van der Waals surface area contributed by atoms with Gasteiger partial charge in [-0.05, 0) is 85.6 Å². The van der Waals surface area contributed by atoms with Gasteiger partial charge in [0.05, 0.1) is 34.9 Å². The summed E-state index contributed by atoms with van der Waals surface area (Å²) in [5, 5.41) is 11.9. The summed E-state index contributed by atoms with van der Waals surface area (Å²) in [5.74, 6) is 0.199. The maximum absolute atomic E-state index is 14.4. The highest BCUT2D eigenvalue weighted by atomic mass is 19.4. The molecule has 1 aromatic heterocycles. The van der Waals surface area contributed by atoms with Crippen LogP contribution in [0.1, 0.15) is 109 Å². The van der Waals surface area contributed by atoms with Gasteiger partial charge in [0.25, 0.3) is 5.56 Å². The number of nitrogens with one attached hydrogen (secondary N) is 4. The molecule has 55 heavy (non-hydrogen) atoms. The number of carbonyl (C=O) groups excluding carboxylic acids is 2. The Kier molecular flexibility index (Phi) is 9.89. The van der Waals surface area contributed by atoms with Crippen molar-refractivity contribution < 1.29 is 32.1 Å². The Bertz CT molecular complexity index is 2040. The normalized spacial score (nSPS) is 28.2. The van der Waals surface area contributed by atoms with Gasteiger partial charge in [0.2, 0.25) is 5.91 Å². The fraction of sp³-hybridized carbons (Fsp3) is 0.550. The lowest BCUT2D eigenvalue weighted by molar-refractivity contribution is -0.185. The van der Waals surface area contributed by atoms with Gasteiger partial charge in [0, 0.05) is 18.7 Å². The van der Waals surface area contributed by atoms with Gasteiger partial charge in [0.1, 0.15) is 17.6 Å². The average molecular weight is 763 g/mol. The standard InChI is InChI=1S/C40H50BF3N6O5/c1-8-31(41-54-32-27-17-25(37(27,4)5)18-39(32,7)55-41)48-33(51)30-19-38(6,49-36(53)47-28-15-10-9-14-26(28)22(2)3)35-46-21-29(34(52)50(30)35)45-20-23-12-11-13-24(16-23)40(42,43)44/h9-16,21-22,25,27,30-32,45H,8,17-20H2,1-7H3,(H,48,51)(H2,47,49,53)/t25?,27?,30-,31-,32+,38+,39-/m0/s1. The molecular formula is C40H50BF3N6O5. The smallest absolute Gasteiger partial charge is 0.404 e. The van der Waals surface area contributed by atoms with Crippen molar-refractivity contribution in [3.05, 3.63) is 87.6 Å². The van der Waals surface area contributed by atoms with E-state index in [-0.39, 0.29) is 41.9 Å². The molecule has 3 aliphatic carbocycles. The van der Waals surface area contributed by atoms with Crippen LogP contribution in [0, 0.1) is 17.3 Å². The van der Waals surface area contributed by atoms with Crippen molar-refractivity contribution in [3.8, 4) is 0 Å². The number of amides is 3. The van der Waals surface area contributed by atoms with Crippen LogP contribution in [0.15, 0.2) is 59.5 Å². The zero-order chi connectivity index (χ0) is 39.7. The van der Waals surface area contributed by atoms with Gasteiger partial charge in [-0.1, -0.05) is 65.0 Å². The number of fused-ring (bicyclic) bond motifs is 1. The molecule has 5 aliphatic rings. The second kappa shape index (κ2) is 14.0. The van der Waals surface area contributed by atoms with Crippen molar-refractivity contribution in [2.24, 2.45) is 17.3 Å². The highest BCUT2D eigenvalue weighted by Crippen LogP contribution is 2.64. The molecule has 3 amide bonds. The predicted molar refractivity (Wildman–Crippen MR) is 203 cm³/mol. The van der Waals surface area contributed by atoms with E-state index in [1.807, 2.05) is 39.0 Å². The number of benzene rings is 2. The molecular weight excluding hydrogens is 712 g/mol. The molecule has 8 rings (SSSR count). The first kappa shape index (κ1) is 38.9. The van der Waals surface area contributed by atoms with Crippen LogP contribution in [0.5, 0.6) is 0 Å². The van der Waals surface area contributed by atoms with Gasteiger partial charge in [-0.2, -0.15) is 13.2 Å². The molecule has 11 nitrogen and oxygen atoms in total. The summed E-state index contributed by atoms with van der Waals surface area (Å²) in [6.07, 6.45) is -0.869. The number of halogens is 3. The van der Waals surface area contributed by atoms with Crippen molar-refractivity contribution in [2.45, 2.75) is 122 Å². The average Bonchev–Trinajstić information content (AvgIpc) is 3.64. The molecule has 15 heteroatoms. The van der Waals surface area contributed by atoms with E-state index in [0.717, 1.165) is 30.5 Å². The number of para-hydroxylation sites is 1. The van der Waals surface area contributed by atoms with Crippen LogP contribution in [0.3, 0.4) is 0 Å². The third-order valence-electron chi connectivity index (χ3n) is 12.6. The lowest BCUT2D eigenvalue weighted by Gasteiger charge is -2.63. The Labute approximate surface area is 319 Å². The molecule has 3 aromatic rings. The minimum atomic E-state index is -4.52. The molecule has 3 heterocycles. The lowest BCUT2D eigenvalue weighted by Crippen LogP contribution is -2.63. The van der Waals surface area contributed by atoms with Gasteiger partial charge in [-0.15, -0.1) is 0 Å². The number of aromatic nitrogens is 2. The number of nitrogens with zero attached hydrogens (tertiary/aromatic N) is 2. The lowest BCUT2D eigenvalue weighted by atomic mass is 9.45. The van der Waals surface area contributed by atoms with Crippen LogP contribution >= 0.6 is 0 Å². The van der Waals surface area contributed by atoms with E-state index in [9.17, 15) is 27.6 Å².